The van der Waals surface area contributed by atoms with Crippen LogP contribution in [-0.2, 0) is 6.54 Å². The van der Waals surface area contributed by atoms with Crippen LogP contribution in [0.2, 0.25) is 5.02 Å². The Labute approximate surface area is 119 Å². The van der Waals surface area contributed by atoms with Crippen molar-refractivity contribution >= 4 is 11.6 Å². The number of aromatic hydroxyl groups is 1. The molecule has 0 bridgehead atoms. The van der Waals surface area contributed by atoms with Gasteiger partial charge in [-0.15, -0.1) is 0 Å². The molecule has 2 rings (SSSR count). The third kappa shape index (κ3) is 3.41. The molecule has 0 aliphatic heterocycles. The number of aliphatic hydroxyl groups is 1. The third-order valence-corrected chi connectivity index (χ3v) is 4.56. The molecular weight excluding hydrogens is 262 g/mol. The van der Waals surface area contributed by atoms with Gasteiger partial charge in [-0.1, -0.05) is 30.7 Å². The molecule has 1 fully saturated rings. The zero-order valence-electron chi connectivity index (χ0n) is 11.3. The summed E-state index contributed by atoms with van der Waals surface area (Å²) in [6.07, 6.45) is 4.22. The number of hydrogen-bond acceptors (Lipinski definition) is 3. The average Bonchev–Trinajstić information content (AvgIpc) is 2.43. The fraction of sp³-hybridized carbons (Fsp3) is 0.600. The van der Waals surface area contributed by atoms with Crippen LogP contribution < -0.4 is 5.32 Å². The van der Waals surface area contributed by atoms with Gasteiger partial charge >= 0.3 is 0 Å². The summed E-state index contributed by atoms with van der Waals surface area (Å²) >= 11 is 5.90. The van der Waals surface area contributed by atoms with Crippen molar-refractivity contribution in [3.05, 3.63) is 28.8 Å². The molecule has 3 nitrogen and oxygen atoms in total. The summed E-state index contributed by atoms with van der Waals surface area (Å²) in [5, 5.41) is 23.4. The molecule has 1 aromatic rings. The van der Waals surface area contributed by atoms with Crippen LogP contribution in [0.4, 0.5) is 0 Å². The van der Waals surface area contributed by atoms with Crippen molar-refractivity contribution in [1.82, 2.24) is 5.32 Å². The second kappa shape index (κ2) is 6.12. The molecule has 0 radical (unpaired) electrons. The summed E-state index contributed by atoms with van der Waals surface area (Å²) in [6, 6.07) is 5.35. The zero-order valence-corrected chi connectivity index (χ0v) is 12.1. The van der Waals surface area contributed by atoms with Gasteiger partial charge in [0.15, 0.2) is 0 Å². The highest BCUT2D eigenvalue weighted by molar-refractivity contribution is 6.32. The van der Waals surface area contributed by atoms with Gasteiger partial charge in [0.2, 0.25) is 0 Å². The van der Waals surface area contributed by atoms with Gasteiger partial charge in [-0.2, -0.15) is 0 Å². The molecular formula is C15H22ClNO2. The number of phenols is 1. The topological polar surface area (TPSA) is 52.5 Å². The first kappa shape index (κ1) is 14.6. The normalized spacial score (nSPS) is 27.4. The maximum atomic E-state index is 9.89. The van der Waals surface area contributed by atoms with Crippen LogP contribution in [0.15, 0.2) is 18.2 Å². The Morgan fingerprint density at radius 1 is 1.37 bits per heavy atom. The first-order chi connectivity index (χ1) is 9.06. The van der Waals surface area contributed by atoms with Gasteiger partial charge in [0.05, 0.1) is 11.6 Å². The largest absolute Gasteiger partial charge is 0.506 e. The molecule has 0 spiro atoms. The molecule has 106 valence electrons. The summed E-state index contributed by atoms with van der Waals surface area (Å²) in [4.78, 5) is 0. The lowest BCUT2D eigenvalue weighted by molar-refractivity contribution is 0.104. The Bertz CT molecular complexity index is 428. The Kier molecular flexibility index (Phi) is 4.71. The predicted octanol–water partition coefficient (Wildman–Crippen LogP) is 3.08. The molecule has 1 aliphatic carbocycles. The zero-order chi connectivity index (χ0) is 13.9. The first-order valence-electron chi connectivity index (χ1n) is 6.88. The number of halogens is 1. The molecule has 1 saturated carbocycles. The van der Waals surface area contributed by atoms with E-state index in [9.17, 15) is 10.2 Å². The monoisotopic (exact) mass is 283 g/mol. The van der Waals surface area contributed by atoms with Crippen molar-refractivity contribution in [2.24, 2.45) is 5.92 Å². The molecule has 1 aliphatic rings. The molecule has 0 aromatic heterocycles. The van der Waals surface area contributed by atoms with Crippen molar-refractivity contribution in [2.45, 2.75) is 44.7 Å². The number of benzene rings is 1. The highest BCUT2D eigenvalue weighted by atomic mass is 35.5. The van der Waals surface area contributed by atoms with Crippen molar-refractivity contribution in [1.29, 1.82) is 0 Å². The lowest BCUT2D eigenvalue weighted by atomic mass is 9.77. The van der Waals surface area contributed by atoms with Crippen LogP contribution in [0.25, 0.3) is 0 Å². The van der Waals surface area contributed by atoms with E-state index in [0.717, 1.165) is 37.2 Å². The van der Waals surface area contributed by atoms with E-state index < -0.39 is 0 Å². The molecule has 0 unspecified atom stereocenters. The number of hydrogen-bond donors (Lipinski definition) is 3. The van der Waals surface area contributed by atoms with E-state index in [4.69, 9.17) is 11.6 Å². The highest BCUT2D eigenvalue weighted by Gasteiger charge is 2.33. The van der Waals surface area contributed by atoms with Crippen LogP contribution in [0, 0.1) is 5.92 Å². The van der Waals surface area contributed by atoms with Crippen molar-refractivity contribution < 1.29 is 10.2 Å². The molecule has 0 saturated heterocycles. The van der Waals surface area contributed by atoms with Gasteiger partial charge in [0.25, 0.3) is 0 Å². The molecule has 0 amide bonds. The number of aliphatic hydroxyl groups excluding tert-OH is 1. The second-order valence-electron chi connectivity index (χ2n) is 5.72. The molecule has 3 N–H and O–H groups in total. The minimum atomic E-state index is -0.207. The van der Waals surface area contributed by atoms with Crippen LogP contribution in [-0.4, -0.2) is 22.4 Å². The van der Waals surface area contributed by atoms with E-state index in [-0.39, 0.29) is 17.9 Å². The van der Waals surface area contributed by atoms with E-state index in [2.05, 4.69) is 12.2 Å². The van der Waals surface area contributed by atoms with E-state index in [0.29, 0.717) is 11.6 Å². The maximum absolute atomic E-state index is 9.89. The first-order valence-corrected chi connectivity index (χ1v) is 7.26. The van der Waals surface area contributed by atoms with Crippen molar-refractivity contribution in [3.63, 3.8) is 0 Å². The SMILES string of the molecule is CC1CCC(CO)(NCc2cccc(Cl)c2O)CC1. The quantitative estimate of drug-likeness (QED) is 0.796. The van der Waals surface area contributed by atoms with Gasteiger partial charge in [0.1, 0.15) is 5.75 Å². The smallest absolute Gasteiger partial charge is 0.138 e. The maximum Gasteiger partial charge on any atom is 0.138 e. The van der Waals surface area contributed by atoms with Crippen LogP contribution in [0.1, 0.15) is 38.2 Å². The van der Waals surface area contributed by atoms with Gasteiger partial charge in [0, 0.05) is 17.6 Å². The lowest BCUT2D eigenvalue weighted by Gasteiger charge is -2.39. The fourth-order valence-electron chi connectivity index (χ4n) is 2.69. The Morgan fingerprint density at radius 2 is 2.05 bits per heavy atom. The van der Waals surface area contributed by atoms with Gasteiger partial charge in [-0.3, -0.25) is 0 Å². The number of phenolic OH excluding ortho intramolecular Hbond substituents is 1. The third-order valence-electron chi connectivity index (χ3n) is 4.26. The molecule has 0 heterocycles. The fourth-order valence-corrected chi connectivity index (χ4v) is 2.88. The summed E-state index contributed by atoms with van der Waals surface area (Å²) < 4.78 is 0. The molecule has 4 heteroatoms. The Hall–Kier alpha value is -0.770. The van der Waals surface area contributed by atoms with Crippen molar-refractivity contribution in [2.75, 3.05) is 6.61 Å². The second-order valence-corrected chi connectivity index (χ2v) is 6.13. The molecule has 19 heavy (non-hydrogen) atoms. The minimum absolute atomic E-state index is 0.133. The van der Waals surface area contributed by atoms with Crippen LogP contribution >= 0.6 is 11.6 Å². The summed E-state index contributed by atoms with van der Waals surface area (Å²) in [7, 11) is 0. The lowest BCUT2D eigenvalue weighted by Crippen LogP contribution is -2.50. The van der Waals surface area contributed by atoms with Gasteiger partial charge in [-0.05, 0) is 37.7 Å². The highest BCUT2D eigenvalue weighted by Crippen LogP contribution is 2.33. The van der Waals surface area contributed by atoms with Crippen molar-refractivity contribution in [3.8, 4) is 5.75 Å². The van der Waals surface area contributed by atoms with Crippen LogP contribution in [0.3, 0.4) is 0 Å². The van der Waals surface area contributed by atoms with E-state index >= 15 is 0 Å². The summed E-state index contributed by atoms with van der Waals surface area (Å²) in [6.45, 7) is 2.92. The standard InChI is InChI=1S/C15H22ClNO2/c1-11-5-7-15(10-18,8-6-11)17-9-12-3-2-4-13(16)14(12)19/h2-4,11,17-19H,5-10H2,1H3. The molecule has 1 aromatic carbocycles. The average molecular weight is 284 g/mol. The van der Waals surface area contributed by atoms with Gasteiger partial charge in [-0.25, -0.2) is 0 Å². The molecule has 0 atom stereocenters. The Balaban J connectivity index is 2.02. The number of para-hydroxylation sites is 1. The number of rotatable bonds is 4. The Morgan fingerprint density at radius 3 is 2.68 bits per heavy atom. The van der Waals surface area contributed by atoms with E-state index in [1.54, 1.807) is 6.07 Å². The van der Waals surface area contributed by atoms with E-state index in [1.807, 2.05) is 12.1 Å². The van der Waals surface area contributed by atoms with E-state index in [1.165, 1.54) is 0 Å². The minimum Gasteiger partial charge on any atom is -0.506 e. The predicted molar refractivity (Wildman–Crippen MR) is 77.4 cm³/mol. The van der Waals surface area contributed by atoms with Crippen LogP contribution in [0.5, 0.6) is 5.75 Å². The van der Waals surface area contributed by atoms with Gasteiger partial charge < -0.3 is 15.5 Å². The summed E-state index contributed by atoms with van der Waals surface area (Å²) in [5.74, 6) is 0.870. The number of nitrogens with one attached hydrogen (secondary N) is 1. The summed E-state index contributed by atoms with van der Waals surface area (Å²) in [5.41, 5.74) is 0.570.